The number of hydrogen-bond donors (Lipinski definition) is 1. The number of piperidine rings is 1. The van der Waals surface area contributed by atoms with E-state index in [0.29, 0.717) is 5.92 Å². The lowest BCUT2D eigenvalue weighted by molar-refractivity contribution is 0.0713. The van der Waals surface area contributed by atoms with Crippen molar-refractivity contribution >= 4 is 28.4 Å². The van der Waals surface area contributed by atoms with E-state index in [-0.39, 0.29) is 5.91 Å². The quantitative estimate of drug-likeness (QED) is 0.680. The van der Waals surface area contributed by atoms with E-state index in [0.717, 1.165) is 47.6 Å². The van der Waals surface area contributed by atoms with Crippen molar-refractivity contribution in [2.45, 2.75) is 25.7 Å². The number of nitrogens with zero attached hydrogens (tertiary/aromatic N) is 1. The highest BCUT2D eigenvalue weighted by Gasteiger charge is 2.26. The van der Waals surface area contributed by atoms with Crippen molar-refractivity contribution in [1.82, 2.24) is 9.88 Å². The Morgan fingerprint density at radius 2 is 1.96 bits per heavy atom. The number of carbonyl (C=O) groups is 1. The van der Waals surface area contributed by atoms with Gasteiger partial charge in [-0.05, 0) is 55.5 Å². The highest BCUT2D eigenvalue weighted by Crippen LogP contribution is 2.34. The summed E-state index contributed by atoms with van der Waals surface area (Å²) in [7, 11) is 0. The summed E-state index contributed by atoms with van der Waals surface area (Å²) in [5.41, 5.74) is 4.34. The minimum Gasteiger partial charge on any atom is -0.361 e. The zero-order valence-electron chi connectivity index (χ0n) is 14.3. The number of halogens is 1. The van der Waals surface area contributed by atoms with Crippen molar-refractivity contribution in [1.29, 1.82) is 0 Å². The van der Waals surface area contributed by atoms with Crippen molar-refractivity contribution in [3.05, 3.63) is 70.4 Å². The number of H-pyrrole nitrogens is 1. The summed E-state index contributed by atoms with van der Waals surface area (Å²) in [5, 5.41) is 1.99. The summed E-state index contributed by atoms with van der Waals surface area (Å²) in [6.45, 7) is 3.63. The lowest BCUT2D eigenvalue weighted by Crippen LogP contribution is -2.37. The number of hydrogen-bond acceptors (Lipinski definition) is 1. The number of aromatic nitrogens is 1. The molecule has 2 aromatic carbocycles. The highest BCUT2D eigenvalue weighted by atomic mass is 35.5. The number of amides is 1. The molecule has 3 aromatic rings. The Morgan fingerprint density at radius 1 is 1.16 bits per heavy atom. The maximum Gasteiger partial charge on any atom is 0.253 e. The number of aryl methyl sites for hydroxylation is 1. The molecule has 0 unspecified atom stereocenters. The molecule has 0 atom stereocenters. The summed E-state index contributed by atoms with van der Waals surface area (Å²) in [5.74, 6) is 0.629. The minimum atomic E-state index is 0.146. The number of rotatable bonds is 2. The Hall–Kier alpha value is -2.26. The van der Waals surface area contributed by atoms with Crippen LogP contribution in [-0.2, 0) is 0 Å². The van der Waals surface area contributed by atoms with Crippen LogP contribution in [0.4, 0.5) is 0 Å². The van der Waals surface area contributed by atoms with E-state index >= 15 is 0 Å². The number of nitrogens with one attached hydrogen (secondary N) is 1. The largest absolute Gasteiger partial charge is 0.361 e. The van der Waals surface area contributed by atoms with E-state index < -0.39 is 0 Å². The molecule has 0 saturated carbocycles. The summed E-state index contributed by atoms with van der Waals surface area (Å²) >= 11 is 6.07. The van der Waals surface area contributed by atoms with Crippen LogP contribution in [0, 0.1) is 6.92 Å². The predicted octanol–water partition coefficient (Wildman–Crippen LogP) is 5.15. The molecule has 1 aliphatic heterocycles. The number of carbonyl (C=O) groups excluding carboxylic acids is 1. The molecule has 0 radical (unpaired) electrons. The van der Waals surface area contributed by atoms with Crippen LogP contribution in [0.15, 0.2) is 48.7 Å². The maximum absolute atomic E-state index is 12.7. The molecule has 25 heavy (non-hydrogen) atoms. The lowest BCUT2D eigenvalue weighted by atomic mass is 9.89. The van der Waals surface area contributed by atoms with Gasteiger partial charge in [0.2, 0.25) is 0 Å². The van der Waals surface area contributed by atoms with Crippen molar-refractivity contribution < 1.29 is 4.79 Å². The fraction of sp³-hybridized carbons (Fsp3) is 0.286. The molecule has 0 bridgehead atoms. The normalized spacial score (nSPS) is 15.7. The topological polar surface area (TPSA) is 36.1 Å². The van der Waals surface area contributed by atoms with Crippen LogP contribution in [0.2, 0.25) is 5.02 Å². The molecule has 128 valence electrons. The number of aromatic amines is 1. The Morgan fingerprint density at radius 3 is 2.72 bits per heavy atom. The molecule has 0 aliphatic carbocycles. The SMILES string of the molecule is Cc1cccc(C(=O)N2CCC(c3c[nH]c4cc(Cl)ccc34)CC2)c1. The van der Waals surface area contributed by atoms with Gasteiger partial charge >= 0.3 is 0 Å². The van der Waals surface area contributed by atoms with Crippen LogP contribution in [0.5, 0.6) is 0 Å². The monoisotopic (exact) mass is 352 g/mol. The van der Waals surface area contributed by atoms with Gasteiger partial charge in [-0.2, -0.15) is 0 Å². The Bertz CT molecular complexity index is 923. The summed E-state index contributed by atoms with van der Waals surface area (Å²) in [6.07, 6.45) is 4.09. The summed E-state index contributed by atoms with van der Waals surface area (Å²) < 4.78 is 0. The van der Waals surface area contributed by atoms with Gasteiger partial charge in [0, 0.05) is 40.8 Å². The molecule has 1 aliphatic rings. The van der Waals surface area contributed by atoms with Crippen LogP contribution < -0.4 is 0 Å². The Balaban J connectivity index is 1.48. The van der Waals surface area contributed by atoms with Gasteiger partial charge in [0.1, 0.15) is 0 Å². The second-order valence-electron chi connectivity index (χ2n) is 6.87. The van der Waals surface area contributed by atoms with E-state index in [1.807, 2.05) is 48.2 Å². The molecule has 0 spiro atoms. The number of fused-ring (bicyclic) bond motifs is 1. The third-order valence-electron chi connectivity index (χ3n) is 5.16. The molecule has 1 amide bonds. The lowest BCUT2D eigenvalue weighted by Gasteiger charge is -2.32. The minimum absolute atomic E-state index is 0.146. The first kappa shape index (κ1) is 16.2. The zero-order chi connectivity index (χ0) is 17.4. The first-order chi connectivity index (χ1) is 12.1. The molecule has 4 heteroatoms. The second-order valence-corrected chi connectivity index (χ2v) is 7.31. The van der Waals surface area contributed by atoms with Gasteiger partial charge in [-0.25, -0.2) is 0 Å². The van der Waals surface area contributed by atoms with Gasteiger partial charge in [0.25, 0.3) is 5.91 Å². The zero-order valence-corrected chi connectivity index (χ0v) is 15.0. The van der Waals surface area contributed by atoms with Gasteiger partial charge in [-0.1, -0.05) is 35.4 Å². The van der Waals surface area contributed by atoms with Crippen molar-refractivity contribution in [2.24, 2.45) is 0 Å². The predicted molar refractivity (Wildman–Crippen MR) is 102 cm³/mol. The van der Waals surface area contributed by atoms with E-state index in [2.05, 4.69) is 17.2 Å². The first-order valence-corrected chi connectivity index (χ1v) is 9.12. The van der Waals surface area contributed by atoms with Crippen LogP contribution in [0.25, 0.3) is 10.9 Å². The van der Waals surface area contributed by atoms with Crippen LogP contribution >= 0.6 is 11.6 Å². The van der Waals surface area contributed by atoms with Crippen molar-refractivity contribution in [3.8, 4) is 0 Å². The van der Waals surface area contributed by atoms with Gasteiger partial charge < -0.3 is 9.88 Å². The van der Waals surface area contributed by atoms with E-state index in [1.54, 1.807) is 0 Å². The first-order valence-electron chi connectivity index (χ1n) is 8.74. The third-order valence-corrected chi connectivity index (χ3v) is 5.40. The van der Waals surface area contributed by atoms with Gasteiger partial charge in [-0.3, -0.25) is 4.79 Å². The molecule has 4 rings (SSSR count). The van der Waals surface area contributed by atoms with Crippen molar-refractivity contribution in [3.63, 3.8) is 0 Å². The van der Waals surface area contributed by atoms with Gasteiger partial charge in [-0.15, -0.1) is 0 Å². The molecule has 2 heterocycles. The van der Waals surface area contributed by atoms with Crippen molar-refractivity contribution in [2.75, 3.05) is 13.1 Å². The molecule has 1 saturated heterocycles. The summed E-state index contributed by atoms with van der Waals surface area (Å²) in [4.78, 5) is 18.0. The average Bonchev–Trinajstić information content (AvgIpc) is 3.04. The number of benzene rings is 2. The van der Waals surface area contributed by atoms with Crippen LogP contribution in [0.1, 0.15) is 40.2 Å². The summed E-state index contributed by atoms with van der Waals surface area (Å²) in [6, 6.07) is 13.9. The molecular formula is C21H21ClN2O. The van der Waals surface area contributed by atoms with Gasteiger partial charge in [0.15, 0.2) is 0 Å². The fourth-order valence-electron chi connectivity index (χ4n) is 3.81. The number of likely N-dealkylation sites (tertiary alicyclic amines) is 1. The Labute approximate surface area is 152 Å². The molecule has 3 nitrogen and oxygen atoms in total. The van der Waals surface area contributed by atoms with E-state index in [1.165, 1.54) is 10.9 Å². The smallest absolute Gasteiger partial charge is 0.253 e. The maximum atomic E-state index is 12.7. The molecule has 1 aromatic heterocycles. The fourth-order valence-corrected chi connectivity index (χ4v) is 3.98. The standard InChI is InChI=1S/C21H21ClN2O/c1-14-3-2-4-16(11-14)21(25)24-9-7-15(8-10-24)19-13-23-20-12-17(22)5-6-18(19)20/h2-6,11-13,15,23H,7-10H2,1H3. The Kier molecular flexibility index (Phi) is 4.26. The van der Waals surface area contributed by atoms with Gasteiger partial charge in [0.05, 0.1) is 0 Å². The third kappa shape index (κ3) is 3.16. The highest BCUT2D eigenvalue weighted by molar-refractivity contribution is 6.31. The van der Waals surface area contributed by atoms with E-state index in [9.17, 15) is 4.79 Å². The van der Waals surface area contributed by atoms with Crippen LogP contribution in [0.3, 0.4) is 0 Å². The van der Waals surface area contributed by atoms with Crippen LogP contribution in [-0.4, -0.2) is 28.9 Å². The molecular weight excluding hydrogens is 332 g/mol. The van der Waals surface area contributed by atoms with E-state index in [4.69, 9.17) is 11.6 Å². The molecule has 1 N–H and O–H groups in total. The average molecular weight is 353 g/mol. The second kappa shape index (κ2) is 6.57. The molecule has 1 fully saturated rings.